The van der Waals surface area contributed by atoms with Crippen molar-refractivity contribution in [2.24, 2.45) is 11.8 Å². The quantitative estimate of drug-likeness (QED) is 0.862. The molecule has 0 bridgehead atoms. The summed E-state index contributed by atoms with van der Waals surface area (Å²) in [5, 5.41) is 8.08. The Bertz CT molecular complexity index is 430. The minimum Gasteiger partial charge on any atom is -0.311 e. The lowest BCUT2D eigenvalue weighted by molar-refractivity contribution is 0.332. The predicted octanol–water partition coefficient (Wildman–Crippen LogP) is 2.90. The highest BCUT2D eigenvalue weighted by atomic mass is 79.9. The maximum atomic E-state index is 4.55. The number of likely N-dealkylation sites (N-methyl/N-ethyl adjacent to an activating group) is 1. The third-order valence-electron chi connectivity index (χ3n) is 4.40. The number of aromatic nitrogens is 2. The molecule has 2 rings (SSSR count). The summed E-state index contributed by atoms with van der Waals surface area (Å²) in [7, 11) is 6.28. The van der Waals surface area contributed by atoms with Gasteiger partial charge >= 0.3 is 0 Å². The fourth-order valence-corrected chi connectivity index (χ4v) is 3.85. The van der Waals surface area contributed by atoms with E-state index in [4.69, 9.17) is 0 Å². The summed E-state index contributed by atoms with van der Waals surface area (Å²) >= 11 is 3.69. The summed E-state index contributed by atoms with van der Waals surface area (Å²) in [6.07, 6.45) is 5.93. The highest BCUT2D eigenvalue weighted by Gasteiger charge is 2.32. The van der Waals surface area contributed by atoms with Crippen molar-refractivity contribution in [2.45, 2.75) is 38.8 Å². The van der Waals surface area contributed by atoms with Gasteiger partial charge in [-0.15, -0.1) is 0 Å². The topological polar surface area (TPSA) is 33.1 Å². The second kappa shape index (κ2) is 7.05. The molecule has 5 heteroatoms. The van der Waals surface area contributed by atoms with E-state index in [2.05, 4.69) is 64.0 Å². The lowest BCUT2D eigenvalue weighted by atomic mass is 9.94. The monoisotopic (exact) mass is 342 g/mol. The molecule has 4 nitrogen and oxygen atoms in total. The zero-order valence-electron chi connectivity index (χ0n) is 13.1. The van der Waals surface area contributed by atoms with Crippen molar-refractivity contribution < 1.29 is 0 Å². The Morgan fingerprint density at radius 3 is 2.80 bits per heavy atom. The zero-order valence-corrected chi connectivity index (χ0v) is 14.7. The average molecular weight is 343 g/mol. The molecule has 1 aromatic rings. The van der Waals surface area contributed by atoms with E-state index in [1.807, 2.05) is 6.20 Å². The molecule has 0 aliphatic heterocycles. The zero-order chi connectivity index (χ0) is 14.7. The molecule has 0 saturated heterocycles. The molecule has 0 radical (unpaired) electrons. The van der Waals surface area contributed by atoms with Crippen molar-refractivity contribution >= 4 is 15.9 Å². The van der Waals surface area contributed by atoms with Gasteiger partial charge in [-0.2, -0.15) is 5.10 Å². The van der Waals surface area contributed by atoms with Crippen LogP contribution in [0.1, 0.15) is 37.9 Å². The van der Waals surface area contributed by atoms with Gasteiger partial charge in [-0.3, -0.25) is 4.68 Å². The molecule has 1 heterocycles. The van der Waals surface area contributed by atoms with Crippen molar-refractivity contribution in [3.63, 3.8) is 0 Å². The molecule has 1 aliphatic rings. The van der Waals surface area contributed by atoms with Crippen LogP contribution in [0.4, 0.5) is 0 Å². The number of rotatable bonds is 6. The van der Waals surface area contributed by atoms with Gasteiger partial charge in [0.2, 0.25) is 0 Å². The van der Waals surface area contributed by atoms with Crippen LogP contribution in [0.2, 0.25) is 0 Å². The summed E-state index contributed by atoms with van der Waals surface area (Å²) in [6, 6.07) is 0.402. The van der Waals surface area contributed by atoms with Gasteiger partial charge in [0, 0.05) is 6.54 Å². The van der Waals surface area contributed by atoms with E-state index >= 15 is 0 Å². The SMILES string of the molecule is CNC(c1c(Br)cnn1CCN(C)C)C1CCC(C)C1. The van der Waals surface area contributed by atoms with E-state index < -0.39 is 0 Å². The molecular formula is C15H27BrN4. The summed E-state index contributed by atoms with van der Waals surface area (Å²) in [4.78, 5) is 2.20. The van der Waals surface area contributed by atoms with Gasteiger partial charge < -0.3 is 10.2 Å². The van der Waals surface area contributed by atoms with Gasteiger partial charge in [-0.1, -0.05) is 13.3 Å². The van der Waals surface area contributed by atoms with Gasteiger partial charge in [-0.25, -0.2) is 0 Å². The summed E-state index contributed by atoms with van der Waals surface area (Å²) in [5.74, 6) is 1.58. The maximum absolute atomic E-state index is 4.55. The molecule has 1 saturated carbocycles. The predicted molar refractivity (Wildman–Crippen MR) is 86.8 cm³/mol. The first-order chi connectivity index (χ1) is 9.52. The number of nitrogens with zero attached hydrogens (tertiary/aromatic N) is 3. The first-order valence-electron chi connectivity index (χ1n) is 7.56. The number of hydrogen-bond acceptors (Lipinski definition) is 3. The van der Waals surface area contributed by atoms with Crippen LogP contribution in [-0.2, 0) is 6.54 Å². The molecular weight excluding hydrogens is 316 g/mol. The molecule has 114 valence electrons. The molecule has 0 amide bonds. The van der Waals surface area contributed by atoms with Gasteiger partial charge in [0.15, 0.2) is 0 Å². The third kappa shape index (κ3) is 3.62. The normalized spacial score (nSPS) is 24.5. The number of nitrogens with one attached hydrogen (secondary N) is 1. The van der Waals surface area contributed by atoms with Crippen LogP contribution in [0.3, 0.4) is 0 Å². The highest BCUT2D eigenvalue weighted by Crippen LogP contribution is 2.40. The minimum atomic E-state index is 0.402. The van der Waals surface area contributed by atoms with Crippen molar-refractivity contribution in [1.29, 1.82) is 0 Å². The lowest BCUT2D eigenvalue weighted by Crippen LogP contribution is -2.29. The van der Waals surface area contributed by atoms with E-state index in [1.54, 1.807) is 0 Å². The molecule has 1 aliphatic carbocycles. The van der Waals surface area contributed by atoms with Crippen LogP contribution < -0.4 is 5.32 Å². The number of hydrogen-bond donors (Lipinski definition) is 1. The Morgan fingerprint density at radius 2 is 2.25 bits per heavy atom. The van der Waals surface area contributed by atoms with Crippen LogP contribution >= 0.6 is 15.9 Å². The minimum absolute atomic E-state index is 0.402. The Balaban J connectivity index is 2.18. The van der Waals surface area contributed by atoms with E-state index in [9.17, 15) is 0 Å². The van der Waals surface area contributed by atoms with Crippen molar-refractivity contribution in [3.05, 3.63) is 16.4 Å². The summed E-state index contributed by atoms with van der Waals surface area (Å²) in [6.45, 7) is 4.32. The van der Waals surface area contributed by atoms with Crippen LogP contribution in [0.15, 0.2) is 10.7 Å². The molecule has 0 spiro atoms. The van der Waals surface area contributed by atoms with Crippen LogP contribution in [0.5, 0.6) is 0 Å². The molecule has 3 atom stereocenters. The molecule has 3 unspecified atom stereocenters. The van der Waals surface area contributed by atoms with Gasteiger partial charge in [0.25, 0.3) is 0 Å². The van der Waals surface area contributed by atoms with Crippen LogP contribution in [0.25, 0.3) is 0 Å². The van der Waals surface area contributed by atoms with E-state index in [-0.39, 0.29) is 0 Å². The van der Waals surface area contributed by atoms with Crippen molar-refractivity contribution in [3.8, 4) is 0 Å². The van der Waals surface area contributed by atoms with Gasteiger partial charge in [-0.05, 0) is 61.8 Å². The van der Waals surface area contributed by atoms with Crippen LogP contribution in [0, 0.1) is 11.8 Å². The molecule has 1 aromatic heterocycles. The van der Waals surface area contributed by atoms with E-state index in [0.717, 1.165) is 29.4 Å². The number of halogens is 1. The van der Waals surface area contributed by atoms with E-state index in [1.165, 1.54) is 25.0 Å². The standard InChI is InChI=1S/C15H27BrN4/c1-11-5-6-12(9-11)14(17-2)15-13(16)10-18-20(15)8-7-19(3)4/h10-12,14,17H,5-9H2,1-4H3. The molecule has 0 aromatic carbocycles. The Hall–Kier alpha value is -0.390. The largest absolute Gasteiger partial charge is 0.311 e. The fraction of sp³-hybridized carbons (Fsp3) is 0.800. The third-order valence-corrected chi connectivity index (χ3v) is 5.02. The molecule has 1 N–H and O–H groups in total. The summed E-state index contributed by atoms with van der Waals surface area (Å²) < 4.78 is 3.30. The van der Waals surface area contributed by atoms with Gasteiger partial charge in [0.1, 0.15) is 0 Å². The summed E-state index contributed by atoms with van der Waals surface area (Å²) in [5.41, 5.74) is 1.31. The van der Waals surface area contributed by atoms with Crippen LogP contribution in [-0.4, -0.2) is 42.4 Å². The van der Waals surface area contributed by atoms with Crippen molar-refractivity contribution in [2.75, 3.05) is 27.7 Å². The maximum Gasteiger partial charge on any atom is 0.0698 e. The highest BCUT2D eigenvalue weighted by molar-refractivity contribution is 9.10. The molecule has 20 heavy (non-hydrogen) atoms. The smallest absolute Gasteiger partial charge is 0.0698 e. The Labute approximate surface area is 131 Å². The second-order valence-electron chi connectivity index (χ2n) is 6.35. The van der Waals surface area contributed by atoms with E-state index in [0.29, 0.717) is 6.04 Å². The first-order valence-corrected chi connectivity index (χ1v) is 8.35. The second-order valence-corrected chi connectivity index (χ2v) is 7.20. The Morgan fingerprint density at radius 1 is 1.50 bits per heavy atom. The van der Waals surface area contributed by atoms with Gasteiger partial charge in [0.05, 0.1) is 29.0 Å². The lowest BCUT2D eigenvalue weighted by Gasteiger charge is -2.25. The van der Waals surface area contributed by atoms with Crippen molar-refractivity contribution in [1.82, 2.24) is 20.0 Å². The average Bonchev–Trinajstić information content (AvgIpc) is 2.97. The first kappa shape index (κ1) is 16.0. The molecule has 1 fully saturated rings. The fourth-order valence-electron chi connectivity index (χ4n) is 3.30. The Kier molecular flexibility index (Phi) is 5.64.